The number of carbonyl (C=O) groups excluding carboxylic acids is 2. The van der Waals surface area contributed by atoms with Crippen molar-refractivity contribution in [3.8, 4) is 11.5 Å². The van der Waals surface area contributed by atoms with Crippen LogP contribution < -0.4 is 14.8 Å². The fraction of sp³-hybridized carbons (Fsp3) is 0.364. The van der Waals surface area contributed by atoms with Gasteiger partial charge in [0.25, 0.3) is 5.91 Å². The second kappa shape index (κ2) is 10.3. The van der Waals surface area contributed by atoms with Crippen LogP contribution in [0.25, 0.3) is 0 Å². The van der Waals surface area contributed by atoms with Gasteiger partial charge in [-0.05, 0) is 50.6 Å². The topological polar surface area (TPSA) is 67.9 Å². The third kappa shape index (κ3) is 6.30. The molecule has 0 saturated carbocycles. The lowest BCUT2D eigenvalue weighted by Crippen LogP contribution is -2.50. The number of hydrogen-bond donors (Lipinski definition) is 1. The van der Waals surface area contributed by atoms with Gasteiger partial charge in [-0.3, -0.25) is 9.59 Å². The Morgan fingerprint density at radius 1 is 1.00 bits per heavy atom. The molecule has 0 spiro atoms. The maximum absolute atomic E-state index is 12.9. The van der Waals surface area contributed by atoms with Crippen LogP contribution in [0.15, 0.2) is 54.6 Å². The van der Waals surface area contributed by atoms with E-state index >= 15 is 0 Å². The van der Waals surface area contributed by atoms with E-state index in [9.17, 15) is 9.59 Å². The van der Waals surface area contributed by atoms with E-state index in [0.717, 1.165) is 5.56 Å². The van der Waals surface area contributed by atoms with E-state index in [4.69, 9.17) is 9.47 Å². The average molecular weight is 384 g/mol. The number of carbonyl (C=O) groups is 2. The van der Waals surface area contributed by atoms with Crippen molar-refractivity contribution in [1.29, 1.82) is 0 Å². The van der Waals surface area contributed by atoms with Gasteiger partial charge in [-0.25, -0.2) is 0 Å². The van der Waals surface area contributed by atoms with Crippen LogP contribution in [0, 0.1) is 0 Å². The van der Waals surface area contributed by atoms with Gasteiger partial charge in [0.05, 0.1) is 7.11 Å². The molecule has 2 amide bonds. The van der Waals surface area contributed by atoms with Gasteiger partial charge in [-0.2, -0.15) is 0 Å². The summed E-state index contributed by atoms with van der Waals surface area (Å²) in [5.41, 5.74) is 0.872. The molecule has 0 saturated heterocycles. The van der Waals surface area contributed by atoms with Crippen molar-refractivity contribution in [3.63, 3.8) is 0 Å². The van der Waals surface area contributed by atoms with E-state index in [0.29, 0.717) is 11.5 Å². The lowest BCUT2D eigenvalue weighted by atomic mass is 10.1. The van der Waals surface area contributed by atoms with Crippen molar-refractivity contribution < 1.29 is 19.1 Å². The highest BCUT2D eigenvalue weighted by Crippen LogP contribution is 2.17. The summed E-state index contributed by atoms with van der Waals surface area (Å²) in [5, 5.41) is 2.86. The highest BCUT2D eigenvalue weighted by Gasteiger charge is 2.27. The van der Waals surface area contributed by atoms with Crippen LogP contribution in [-0.2, 0) is 16.1 Å². The highest BCUT2D eigenvalue weighted by molar-refractivity contribution is 5.88. The van der Waals surface area contributed by atoms with E-state index in [2.05, 4.69) is 5.32 Å². The fourth-order valence-corrected chi connectivity index (χ4v) is 2.70. The van der Waals surface area contributed by atoms with Crippen molar-refractivity contribution in [1.82, 2.24) is 10.2 Å². The molecule has 0 aliphatic rings. The second-order valence-electron chi connectivity index (χ2n) is 6.81. The van der Waals surface area contributed by atoms with Crippen molar-refractivity contribution in [2.24, 2.45) is 0 Å². The molecule has 2 aromatic rings. The molecule has 0 aliphatic carbocycles. The number of para-hydroxylation sites is 1. The number of ether oxygens (including phenoxy) is 2. The molecule has 0 radical (unpaired) electrons. The van der Waals surface area contributed by atoms with Crippen molar-refractivity contribution in [2.45, 2.75) is 39.4 Å². The first-order valence-corrected chi connectivity index (χ1v) is 9.31. The lowest BCUT2D eigenvalue weighted by Gasteiger charge is -2.29. The molecule has 2 aromatic carbocycles. The van der Waals surface area contributed by atoms with Crippen LogP contribution in [0.3, 0.4) is 0 Å². The Labute approximate surface area is 166 Å². The normalized spacial score (nSPS) is 11.6. The summed E-state index contributed by atoms with van der Waals surface area (Å²) in [6.07, 6.45) is 0. The molecule has 0 unspecified atom stereocenters. The van der Waals surface area contributed by atoms with Gasteiger partial charge in [0, 0.05) is 12.6 Å². The molecule has 6 heteroatoms. The first-order chi connectivity index (χ1) is 13.4. The van der Waals surface area contributed by atoms with Gasteiger partial charge in [0.1, 0.15) is 17.5 Å². The van der Waals surface area contributed by atoms with E-state index in [1.807, 2.05) is 56.3 Å². The van der Waals surface area contributed by atoms with Crippen molar-refractivity contribution >= 4 is 11.8 Å². The zero-order valence-electron chi connectivity index (χ0n) is 16.8. The summed E-state index contributed by atoms with van der Waals surface area (Å²) in [6, 6.07) is 15.9. The summed E-state index contributed by atoms with van der Waals surface area (Å²) in [4.78, 5) is 26.9. The minimum Gasteiger partial charge on any atom is -0.497 e. The van der Waals surface area contributed by atoms with E-state index in [1.54, 1.807) is 26.2 Å². The van der Waals surface area contributed by atoms with Crippen LogP contribution >= 0.6 is 0 Å². The fourth-order valence-electron chi connectivity index (χ4n) is 2.70. The van der Waals surface area contributed by atoms with Gasteiger partial charge >= 0.3 is 0 Å². The maximum atomic E-state index is 12.9. The third-order valence-corrected chi connectivity index (χ3v) is 4.19. The number of amides is 2. The minimum atomic E-state index is -0.638. The molecule has 150 valence electrons. The largest absolute Gasteiger partial charge is 0.497 e. The molecule has 0 heterocycles. The molecular weight excluding hydrogens is 356 g/mol. The zero-order chi connectivity index (χ0) is 20.5. The molecule has 6 nitrogen and oxygen atoms in total. The first-order valence-electron chi connectivity index (χ1n) is 9.31. The third-order valence-electron chi connectivity index (χ3n) is 4.19. The molecule has 0 aliphatic heterocycles. The smallest absolute Gasteiger partial charge is 0.261 e. The summed E-state index contributed by atoms with van der Waals surface area (Å²) in [7, 11) is 1.59. The number of benzene rings is 2. The van der Waals surface area contributed by atoms with E-state index in [-0.39, 0.29) is 31.0 Å². The Morgan fingerprint density at radius 3 is 2.32 bits per heavy atom. The van der Waals surface area contributed by atoms with Crippen LogP contribution in [-0.4, -0.2) is 42.5 Å². The predicted octanol–water partition coefficient (Wildman–Crippen LogP) is 3.02. The average Bonchev–Trinajstić information content (AvgIpc) is 2.70. The van der Waals surface area contributed by atoms with Crippen LogP contribution in [0.4, 0.5) is 0 Å². The molecular formula is C22H28N2O4. The summed E-state index contributed by atoms with van der Waals surface area (Å²) < 4.78 is 10.9. The molecule has 1 N–H and O–H groups in total. The lowest BCUT2D eigenvalue weighted by molar-refractivity contribution is -0.142. The zero-order valence-corrected chi connectivity index (χ0v) is 16.8. The Balaban J connectivity index is 2.16. The number of hydrogen-bond acceptors (Lipinski definition) is 4. The molecule has 28 heavy (non-hydrogen) atoms. The molecule has 0 fully saturated rings. The number of methoxy groups -OCH3 is 1. The molecule has 0 bridgehead atoms. The Hall–Kier alpha value is -3.02. The summed E-state index contributed by atoms with van der Waals surface area (Å²) in [6.45, 7) is 5.63. The highest BCUT2D eigenvalue weighted by atomic mass is 16.5. The van der Waals surface area contributed by atoms with Gasteiger partial charge < -0.3 is 19.7 Å². The SMILES string of the molecule is COc1cccc(CN(C(=O)COc2ccccc2)[C@@H](C)C(=O)NC(C)C)c1. The summed E-state index contributed by atoms with van der Waals surface area (Å²) in [5.74, 6) is 0.838. The minimum absolute atomic E-state index is 0.00992. The molecule has 1 atom stereocenters. The van der Waals surface area contributed by atoms with Gasteiger partial charge in [0.15, 0.2) is 6.61 Å². The number of nitrogens with zero attached hydrogens (tertiary/aromatic N) is 1. The predicted molar refractivity (Wildman–Crippen MR) is 108 cm³/mol. The number of rotatable bonds is 9. The van der Waals surface area contributed by atoms with Crippen LogP contribution in [0.2, 0.25) is 0 Å². The summed E-state index contributed by atoms with van der Waals surface area (Å²) >= 11 is 0. The van der Waals surface area contributed by atoms with Gasteiger partial charge in [-0.15, -0.1) is 0 Å². The number of nitrogens with one attached hydrogen (secondary N) is 1. The standard InChI is InChI=1S/C22H28N2O4/c1-16(2)23-22(26)17(3)24(14-18-9-8-12-20(13-18)27-4)21(25)15-28-19-10-6-5-7-11-19/h5-13,16-17H,14-15H2,1-4H3,(H,23,26)/t17-/m0/s1. The Kier molecular flexibility index (Phi) is 7.87. The van der Waals surface area contributed by atoms with Crippen LogP contribution in [0.5, 0.6) is 11.5 Å². The Bertz CT molecular complexity index is 777. The van der Waals surface area contributed by atoms with Crippen molar-refractivity contribution in [2.75, 3.05) is 13.7 Å². The van der Waals surface area contributed by atoms with Crippen molar-refractivity contribution in [3.05, 3.63) is 60.2 Å². The Morgan fingerprint density at radius 2 is 1.68 bits per heavy atom. The molecule has 2 rings (SSSR count). The monoisotopic (exact) mass is 384 g/mol. The van der Waals surface area contributed by atoms with E-state index in [1.165, 1.54) is 4.90 Å². The first kappa shape index (κ1) is 21.3. The van der Waals surface area contributed by atoms with Gasteiger partial charge in [0.2, 0.25) is 5.91 Å². The second-order valence-corrected chi connectivity index (χ2v) is 6.81. The maximum Gasteiger partial charge on any atom is 0.261 e. The molecule has 0 aromatic heterocycles. The quantitative estimate of drug-likeness (QED) is 0.722. The van der Waals surface area contributed by atoms with E-state index < -0.39 is 6.04 Å². The van der Waals surface area contributed by atoms with Gasteiger partial charge in [-0.1, -0.05) is 30.3 Å². The van der Waals surface area contributed by atoms with Crippen LogP contribution in [0.1, 0.15) is 26.3 Å².